The number of pyridine rings is 1. The first kappa shape index (κ1) is 25.8. The Balaban J connectivity index is 0.00000289. The third-order valence-electron chi connectivity index (χ3n) is 5.79. The van der Waals surface area contributed by atoms with Gasteiger partial charge in [-0.3, -0.25) is 14.2 Å². The van der Waals surface area contributed by atoms with Gasteiger partial charge in [-0.15, -0.1) is 5.10 Å². The van der Waals surface area contributed by atoms with Gasteiger partial charge in [0.2, 0.25) is 0 Å². The average molecular weight is 553 g/mol. The van der Waals surface area contributed by atoms with Crippen LogP contribution in [0.5, 0.6) is 0 Å². The average Bonchev–Trinajstić information content (AvgIpc) is 3.41. The summed E-state index contributed by atoms with van der Waals surface area (Å²) in [5.41, 5.74) is 3.62. The molecule has 9 heteroatoms. The van der Waals surface area contributed by atoms with Crippen LogP contribution in [0.15, 0.2) is 82.1 Å². The number of nitrogens with one attached hydrogen (secondary N) is 1. The first-order valence-corrected chi connectivity index (χ1v) is 11.6. The Morgan fingerprint density at radius 3 is 2.37 bits per heavy atom. The van der Waals surface area contributed by atoms with E-state index in [-0.39, 0.29) is 75.7 Å². The maximum Gasteiger partial charge on any atom is 0.259 e. The molecular formula is C26H20BrKN5O2. The number of aromatic amines is 1. The van der Waals surface area contributed by atoms with Crippen LogP contribution in [0.4, 0.5) is 0 Å². The van der Waals surface area contributed by atoms with Crippen molar-refractivity contribution in [3.8, 4) is 22.5 Å². The molecule has 0 saturated carbocycles. The maximum atomic E-state index is 13.7. The number of carbonyl (C=O) groups is 1. The quantitative estimate of drug-likeness (QED) is 0.239. The number of rotatable bonds is 6. The number of H-pyrrole nitrogens is 1. The Morgan fingerprint density at radius 1 is 0.971 bits per heavy atom. The molecule has 2 heterocycles. The molecule has 169 valence electrons. The van der Waals surface area contributed by atoms with Crippen molar-refractivity contribution in [3.05, 3.63) is 98.9 Å². The molecule has 0 amide bonds. The fourth-order valence-corrected chi connectivity index (χ4v) is 4.52. The summed E-state index contributed by atoms with van der Waals surface area (Å²) in [6.07, 6.45) is 0.288. The Labute approximate surface area is 252 Å². The summed E-state index contributed by atoms with van der Waals surface area (Å²) in [4.78, 5) is 27.0. The van der Waals surface area contributed by atoms with Crippen molar-refractivity contribution in [1.29, 1.82) is 0 Å². The van der Waals surface area contributed by atoms with Crippen LogP contribution in [0.25, 0.3) is 33.3 Å². The van der Waals surface area contributed by atoms with Crippen LogP contribution in [0.2, 0.25) is 0 Å². The predicted molar refractivity (Wildman–Crippen MR) is 140 cm³/mol. The van der Waals surface area contributed by atoms with Gasteiger partial charge in [-0.1, -0.05) is 77.5 Å². The SMILES string of the molecule is CCC(=O)c1c(-c2ccccc2)c2cc(Br)ccc2c(=O)n1Cc1ccc(-c2nnn[nH]2)cc1.[K]. The summed E-state index contributed by atoms with van der Waals surface area (Å²) in [6.45, 7) is 2.08. The Bertz CT molecular complexity index is 1550. The Morgan fingerprint density at radius 2 is 1.71 bits per heavy atom. The molecule has 5 rings (SSSR count). The molecule has 2 aromatic heterocycles. The number of tetrazole rings is 1. The molecule has 35 heavy (non-hydrogen) atoms. The molecule has 0 unspecified atom stereocenters. The minimum atomic E-state index is -0.192. The van der Waals surface area contributed by atoms with Gasteiger partial charge >= 0.3 is 0 Å². The molecule has 1 radical (unpaired) electrons. The molecule has 0 saturated heterocycles. The molecule has 0 aliphatic carbocycles. The number of fused-ring (bicyclic) bond motifs is 1. The van der Waals surface area contributed by atoms with E-state index in [0.29, 0.717) is 16.9 Å². The molecule has 0 aliphatic heterocycles. The van der Waals surface area contributed by atoms with Crippen LogP contribution in [0.1, 0.15) is 29.4 Å². The number of carbonyl (C=O) groups excluding carboxylic acids is 1. The zero-order valence-corrected chi connectivity index (χ0v) is 24.0. The second-order valence-electron chi connectivity index (χ2n) is 7.89. The smallest absolute Gasteiger partial charge is 0.259 e. The molecule has 3 aromatic carbocycles. The van der Waals surface area contributed by atoms with E-state index in [4.69, 9.17) is 0 Å². The number of hydrogen-bond acceptors (Lipinski definition) is 5. The molecule has 0 spiro atoms. The summed E-state index contributed by atoms with van der Waals surface area (Å²) in [7, 11) is 0. The topological polar surface area (TPSA) is 93.5 Å². The van der Waals surface area contributed by atoms with Gasteiger partial charge in [-0.25, -0.2) is 5.10 Å². The van der Waals surface area contributed by atoms with Crippen molar-refractivity contribution < 1.29 is 4.79 Å². The van der Waals surface area contributed by atoms with E-state index >= 15 is 0 Å². The van der Waals surface area contributed by atoms with Crippen molar-refractivity contribution in [1.82, 2.24) is 25.2 Å². The van der Waals surface area contributed by atoms with Crippen molar-refractivity contribution in [2.45, 2.75) is 19.9 Å². The second-order valence-corrected chi connectivity index (χ2v) is 8.81. The summed E-state index contributed by atoms with van der Waals surface area (Å²) < 4.78 is 2.46. The largest absolute Gasteiger partial charge is 0.300 e. The van der Waals surface area contributed by atoms with Gasteiger partial charge in [-0.2, -0.15) is 0 Å². The van der Waals surface area contributed by atoms with Gasteiger partial charge in [0.15, 0.2) is 11.6 Å². The number of aromatic nitrogens is 5. The normalized spacial score (nSPS) is 10.8. The zero-order valence-electron chi connectivity index (χ0n) is 19.3. The summed E-state index contributed by atoms with van der Waals surface area (Å²) >= 11 is 3.53. The van der Waals surface area contributed by atoms with Crippen LogP contribution in [-0.2, 0) is 6.54 Å². The van der Waals surface area contributed by atoms with Gasteiger partial charge in [0.1, 0.15) is 0 Å². The molecule has 0 bridgehead atoms. The third-order valence-corrected chi connectivity index (χ3v) is 6.29. The van der Waals surface area contributed by atoms with Gasteiger partial charge in [0, 0.05) is 78.8 Å². The van der Waals surface area contributed by atoms with E-state index in [9.17, 15) is 9.59 Å². The van der Waals surface area contributed by atoms with Crippen LogP contribution >= 0.6 is 15.9 Å². The molecule has 1 N–H and O–H groups in total. The van der Waals surface area contributed by atoms with Crippen molar-refractivity contribution in [2.75, 3.05) is 0 Å². The van der Waals surface area contributed by atoms with Crippen LogP contribution in [0.3, 0.4) is 0 Å². The van der Waals surface area contributed by atoms with E-state index in [1.165, 1.54) is 0 Å². The molecule has 0 atom stereocenters. The minimum absolute atomic E-state index is 0. The van der Waals surface area contributed by atoms with Gasteiger partial charge < -0.3 is 0 Å². The number of Topliss-reactive ketones (excluding diaryl/α,β-unsaturated/α-hetero) is 1. The number of benzene rings is 3. The maximum absolute atomic E-state index is 13.7. The summed E-state index contributed by atoms with van der Waals surface area (Å²) in [6, 6.07) is 22.9. The first-order valence-electron chi connectivity index (χ1n) is 10.8. The minimum Gasteiger partial charge on any atom is -0.300 e. The van der Waals surface area contributed by atoms with Crippen molar-refractivity contribution >= 4 is 83.9 Å². The second kappa shape index (κ2) is 11.2. The van der Waals surface area contributed by atoms with Gasteiger partial charge in [0.05, 0.1) is 12.2 Å². The molecule has 7 nitrogen and oxygen atoms in total. The van der Waals surface area contributed by atoms with E-state index < -0.39 is 0 Å². The van der Waals surface area contributed by atoms with E-state index in [1.807, 2.05) is 79.7 Å². The van der Waals surface area contributed by atoms with E-state index in [0.717, 1.165) is 32.1 Å². The first-order chi connectivity index (χ1) is 16.6. The zero-order chi connectivity index (χ0) is 23.7. The third kappa shape index (κ3) is 5.16. The van der Waals surface area contributed by atoms with E-state index in [2.05, 4.69) is 36.6 Å². The number of hydrogen-bond donors (Lipinski definition) is 1. The number of nitrogens with zero attached hydrogens (tertiary/aromatic N) is 4. The van der Waals surface area contributed by atoms with Crippen molar-refractivity contribution in [2.24, 2.45) is 0 Å². The van der Waals surface area contributed by atoms with Gasteiger partial charge in [0.25, 0.3) is 5.56 Å². The Hall–Kier alpha value is -2.27. The van der Waals surface area contributed by atoms with Crippen molar-refractivity contribution in [3.63, 3.8) is 0 Å². The van der Waals surface area contributed by atoms with Crippen LogP contribution in [-0.4, -0.2) is 82.4 Å². The number of ketones is 1. The van der Waals surface area contributed by atoms with E-state index in [1.54, 1.807) is 4.57 Å². The summed E-state index contributed by atoms with van der Waals surface area (Å²) in [5, 5.41) is 15.2. The molecular weight excluding hydrogens is 533 g/mol. The predicted octanol–water partition coefficient (Wildman–Crippen LogP) is 4.87. The standard InChI is InChI=1S/C26H20BrN5O2.K/c1-2-22(33)24-23(17-6-4-3-5-7-17)21-14-19(27)12-13-20(21)26(34)32(24)15-16-8-10-18(11-9-16)25-28-30-31-29-25;/h3-14H,2,15H2,1H3,(H,28,29,30,31);. The Kier molecular flexibility index (Phi) is 8.25. The number of halogens is 1. The molecule has 0 aliphatic rings. The summed E-state index contributed by atoms with van der Waals surface area (Å²) in [5.74, 6) is 0.482. The monoisotopic (exact) mass is 552 g/mol. The van der Waals surface area contributed by atoms with Crippen LogP contribution < -0.4 is 5.56 Å². The molecule has 0 fully saturated rings. The van der Waals surface area contributed by atoms with Gasteiger partial charge in [-0.05, 0) is 45.1 Å². The fraction of sp³-hybridized carbons (Fsp3) is 0.115. The van der Waals surface area contributed by atoms with Crippen LogP contribution in [0, 0.1) is 0 Å². The molecule has 5 aromatic rings. The fourth-order valence-electron chi connectivity index (χ4n) is 4.16.